The molecule has 0 spiro atoms. The van der Waals surface area contributed by atoms with Crippen molar-refractivity contribution < 1.29 is 13.9 Å². The molecule has 4 rings (SSSR count). The zero-order valence-corrected chi connectivity index (χ0v) is 16.0. The molecule has 0 saturated carbocycles. The second-order valence-electron chi connectivity index (χ2n) is 6.04. The average Bonchev–Trinajstić information content (AvgIpc) is 3.36. The first kappa shape index (κ1) is 17.9. The van der Waals surface area contributed by atoms with Gasteiger partial charge in [-0.25, -0.2) is 9.97 Å². The Bertz CT molecular complexity index is 978. The van der Waals surface area contributed by atoms with Crippen molar-refractivity contribution in [3.63, 3.8) is 0 Å². The average molecular weight is 402 g/mol. The molecule has 0 fully saturated rings. The normalized spacial score (nSPS) is 15.3. The molecule has 0 saturated heterocycles. The van der Waals surface area contributed by atoms with Crippen molar-refractivity contribution in [2.45, 2.75) is 17.7 Å². The van der Waals surface area contributed by atoms with Gasteiger partial charge in [-0.15, -0.1) is 0 Å². The van der Waals surface area contributed by atoms with Gasteiger partial charge in [0.1, 0.15) is 18.1 Å². The number of carbonyl (C=O) groups is 1. The Labute approximate surface area is 165 Å². The highest BCUT2D eigenvalue weighted by molar-refractivity contribution is 7.98. The van der Waals surface area contributed by atoms with Crippen LogP contribution in [0.15, 0.2) is 52.6 Å². The van der Waals surface area contributed by atoms with Crippen molar-refractivity contribution in [1.29, 1.82) is 0 Å². The topological polar surface area (TPSA) is 77.2 Å². The summed E-state index contributed by atoms with van der Waals surface area (Å²) in [6.07, 6.45) is 7.04. The molecule has 1 atom stereocenters. The minimum Gasteiger partial charge on any atom is -0.486 e. The molecule has 6 nitrogen and oxygen atoms in total. The molecule has 1 unspecified atom stereocenters. The summed E-state index contributed by atoms with van der Waals surface area (Å²) >= 11 is 7.92. The summed E-state index contributed by atoms with van der Waals surface area (Å²) in [6, 6.07) is 7.36. The third-order valence-electron chi connectivity index (χ3n) is 4.24. The first-order chi connectivity index (χ1) is 13.1. The summed E-state index contributed by atoms with van der Waals surface area (Å²) < 4.78 is 10.9. The molecule has 27 heavy (non-hydrogen) atoms. The van der Waals surface area contributed by atoms with Gasteiger partial charge in [0.15, 0.2) is 5.16 Å². The largest absolute Gasteiger partial charge is 0.486 e. The van der Waals surface area contributed by atoms with E-state index in [0.717, 1.165) is 16.8 Å². The number of halogens is 1. The monoisotopic (exact) mass is 401 g/mol. The lowest BCUT2D eigenvalue weighted by Gasteiger charge is -2.12. The van der Waals surface area contributed by atoms with Crippen molar-refractivity contribution in [2.75, 3.05) is 12.8 Å². The van der Waals surface area contributed by atoms with Gasteiger partial charge in [-0.3, -0.25) is 4.79 Å². The molecule has 1 amide bonds. The van der Waals surface area contributed by atoms with Crippen LogP contribution in [0.1, 0.15) is 15.9 Å². The maximum Gasteiger partial charge on any atom is 0.254 e. The van der Waals surface area contributed by atoms with E-state index in [2.05, 4.69) is 15.3 Å². The Balaban J connectivity index is 1.48. The Morgan fingerprint density at radius 2 is 2.30 bits per heavy atom. The van der Waals surface area contributed by atoms with Gasteiger partial charge in [-0.1, -0.05) is 23.4 Å². The number of hydrogen-bond donors (Lipinski definition) is 1. The van der Waals surface area contributed by atoms with E-state index in [1.165, 1.54) is 24.3 Å². The number of carbonyl (C=O) groups excluding carboxylic acids is 1. The number of aromatic nitrogens is 2. The van der Waals surface area contributed by atoms with E-state index in [4.69, 9.17) is 20.8 Å². The minimum atomic E-state index is -0.194. The molecule has 138 valence electrons. The molecule has 3 heterocycles. The first-order valence-corrected chi connectivity index (χ1v) is 9.91. The van der Waals surface area contributed by atoms with Crippen molar-refractivity contribution in [1.82, 2.24) is 15.3 Å². The Morgan fingerprint density at radius 3 is 3.07 bits per heavy atom. The second kappa shape index (κ2) is 7.62. The van der Waals surface area contributed by atoms with Gasteiger partial charge >= 0.3 is 0 Å². The van der Waals surface area contributed by atoms with Crippen LogP contribution in [-0.4, -0.2) is 34.8 Å². The Kier molecular flexibility index (Phi) is 5.05. The SMILES string of the molecule is CSc1nccc(-c2cc(Cl)c3c(c2)CC(CNC(=O)c2ccoc2)O3)n1. The standard InChI is InChI=1S/C19H16ClN3O3S/c1-27-19-21-4-2-16(23-19)12-6-13-7-14(26-17(13)15(20)8-12)9-22-18(24)11-3-5-25-10-11/h2-6,8,10,14H,7,9H2,1H3,(H,22,24). The van der Waals surface area contributed by atoms with E-state index in [1.807, 2.05) is 24.5 Å². The predicted molar refractivity (Wildman–Crippen MR) is 103 cm³/mol. The van der Waals surface area contributed by atoms with Gasteiger partial charge in [-0.05, 0) is 30.5 Å². The number of thioether (sulfide) groups is 1. The van der Waals surface area contributed by atoms with E-state index < -0.39 is 0 Å². The number of fused-ring (bicyclic) bond motifs is 1. The van der Waals surface area contributed by atoms with Crippen LogP contribution in [-0.2, 0) is 6.42 Å². The lowest BCUT2D eigenvalue weighted by molar-refractivity contribution is 0.0933. The Morgan fingerprint density at radius 1 is 1.41 bits per heavy atom. The highest BCUT2D eigenvalue weighted by atomic mass is 35.5. The third-order valence-corrected chi connectivity index (χ3v) is 5.08. The molecule has 3 aromatic rings. The van der Waals surface area contributed by atoms with Crippen LogP contribution in [0.5, 0.6) is 5.75 Å². The van der Waals surface area contributed by atoms with Gasteiger partial charge in [0, 0.05) is 23.7 Å². The molecule has 0 aliphatic carbocycles. The molecular weight excluding hydrogens is 386 g/mol. The first-order valence-electron chi connectivity index (χ1n) is 8.31. The number of ether oxygens (including phenoxy) is 1. The van der Waals surface area contributed by atoms with E-state index in [9.17, 15) is 4.79 Å². The zero-order chi connectivity index (χ0) is 18.8. The van der Waals surface area contributed by atoms with Crippen molar-refractivity contribution in [3.8, 4) is 17.0 Å². The van der Waals surface area contributed by atoms with Crippen molar-refractivity contribution >= 4 is 29.3 Å². The lowest BCUT2D eigenvalue weighted by Crippen LogP contribution is -2.34. The molecule has 1 aromatic carbocycles. The molecule has 0 radical (unpaired) electrons. The fourth-order valence-electron chi connectivity index (χ4n) is 2.95. The summed E-state index contributed by atoms with van der Waals surface area (Å²) in [7, 11) is 0. The number of nitrogens with zero attached hydrogens (tertiary/aromatic N) is 2. The van der Waals surface area contributed by atoms with Crippen LogP contribution in [0.4, 0.5) is 0 Å². The summed E-state index contributed by atoms with van der Waals surface area (Å²) in [5, 5.41) is 4.10. The summed E-state index contributed by atoms with van der Waals surface area (Å²) in [5.74, 6) is 0.475. The summed E-state index contributed by atoms with van der Waals surface area (Å²) in [6.45, 7) is 0.383. The maximum absolute atomic E-state index is 12.0. The van der Waals surface area contributed by atoms with Crippen LogP contribution < -0.4 is 10.1 Å². The number of furan rings is 1. The molecule has 1 aliphatic heterocycles. The number of benzene rings is 1. The van der Waals surface area contributed by atoms with Gasteiger partial charge < -0.3 is 14.5 Å². The van der Waals surface area contributed by atoms with Crippen molar-refractivity contribution in [2.24, 2.45) is 0 Å². The van der Waals surface area contributed by atoms with Gasteiger partial charge in [0.05, 0.1) is 29.1 Å². The van der Waals surface area contributed by atoms with Gasteiger partial charge in [-0.2, -0.15) is 0 Å². The number of nitrogens with one attached hydrogen (secondary N) is 1. The lowest BCUT2D eigenvalue weighted by atomic mass is 10.0. The minimum absolute atomic E-state index is 0.171. The zero-order valence-electron chi connectivity index (χ0n) is 14.4. The van der Waals surface area contributed by atoms with Crippen LogP contribution in [0.2, 0.25) is 5.02 Å². The fourth-order valence-corrected chi connectivity index (χ4v) is 3.59. The highest BCUT2D eigenvalue weighted by Crippen LogP contribution is 2.39. The van der Waals surface area contributed by atoms with Crippen LogP contribution in [0.3, 0.4) is 0 Å². The summed E-state index contributed by atoms with van der Waals surface area (Å²) in [5.41, 5.74) is 3.22. The van der Waals surface area contributed by atoms with Crippen LogP contribution in [0.25, 0.3) is 11.3 Å². The molecule has 0 bridgehead atoms. The molecular formula is C19H16ClN3O3S. The van der Waals surface area contributed by atoms with Gasteiger partial charge in [0.25, 0.3) is 5.91 Å². The predicted octanol–water partition coefficient (Wildman–Crippen LogP) is 3.85. The maximum atomic E-state index is 12.0. The number of hydrogen-bond acceptors (Lipinski definition) is 6. The molecule has 8 heteroatoms. The van der Waals surface area contributed by atoms with E-state index in [0.29, 0.717) is 34.5 Å². The van der Waals surface area contributed by atoms with E-state index >= 15 is 0 Å². The van der Waals surface area contributed by atoms with E-state index in [-0.39, 0.29) is 12.0 Å². The number of amides is 1. The van der Waals surface area contributed by atoms with Crippen molar-refractivity contribution in [3.05, 3.63) is 59.1 Å². The third kappa shape index (κ3) is 3.79. The number of rotatable bonds is 5. The highest BCUT2D eigenvalue weighted by Gasteiger charge is 2.27. The smallest absolute Gasteiger partial charge is 0.254 e. The van der Waals surface area contributed by atoms with E-state index in [1.54, 1.807) is 12.3 Å². The van der Waals surface area contributed by atoms with Crippen LogP contribution in [0, 0.1) is 0 Å². The second-order valence-corrected chi connectivity index (χ2v) is 7.22. The molecule has 1 aliphatic rings. The fraction of sp³-hybridized carbons (Fsp3) is 0.211. The molecule has 1 N–H and O–H groups in total. The van der Waals surface area contributed by atoms with Gasteiger partial charge in [0.2, 0.25) is 0 Å². The molecule has 2 aromatic heterocycles. The van der Waals surface area contributed by atoms with Crippen LogP contribution >= 0.6 is 23.4 Å². The Hall–Kier alpha value is -2.51. The summed E-state index contributed by atoms with van der Waals surface area (Å²) in [4.78, 5) is 20.8. The quantitative estimate of drug-likeness (QED) is 0.517.